The van der Waals surface area contributed by atoms with E-state index < -0.39 is 5.97 Å². The molecule has 0 unspecified atom stereocenters. The number of para-hydroxylation sites is 1. The summed E-state index contributed by atoms with van der Waals surface area (Å²) in [5.74, 6) is 0.143. The minimum atomic E-state index is -0.490. The third-order valence-electron chi connectivity index (χ3n) is 4.10. The average molecular weight is 389 g/mol. The average Bonchev–Trinajstić information content (AvgIpc) is 3.02. The van der Waals surface area contributed by atoms with E-state index in [1.807, 2.05) is 24.3 Å². The second kappa shape index (κ2) is 6.67. The lowest BCUT2D eigenvalue weighted by atomic mass is 10.0. The number of aromatic nitrogens is 2. The van der Waals surface area contributed by atoms with Crippen molar-refractivity contribution in [2.45, 2.75) is 13.5 Å². The van der Waals surface area contributed by atoms with Gasteiger partial charge < -0.3 is 9.47 Å². The number of ether oxygens (including phenoxy) is 2. The zero-order valence-electron chi connectivity index (χ0n) is 13.8. The van der Waals surface area contributed by atoms with Gasteiger partial charge in [0.1, 0.15) is 12.4 Å². The van der Waals surface area contributed by atoms with Crippen molar-refractivity contribution in [3.8, 4) is 22.7 Å². The lowest BCUT2D eigenvalue weighted by Crippen LogP contribution is -2.11. The molecule has 2 heterocycles. The van der Waals surface area contributed by atoms with Crippen LogP contribution in [0.3, 0.4) is 0 Å². The Hall–Kier alpha value is -2.50. The first-order chi connectivity index (χ1) is 12.6. The Labute approximate surface area is 160 Å². The van der Waals surface area contributed by atoms with Gasteiger partial charge in [-0.3, -0.25) is 0 Å². The number of rotatable bonds is 3. The highest BCUT2D eigenvalue weighted by Crippen LogP contribution is 2.42. The molecule has 2 aromatic carbocycles. The monoisotopic (exact) mass is 388 g/mol. The topological polar surface area (TPSA) is 53.3 Å². The number of nitrogens with zero attached hydrogens (tertiary/aromatic N) is 2. The van der Waals surface area contributed by atoms with Crippen LogP contribution in [0.4, 0.5) is 0 Å². The second-order valence-corrected chi connectivity index (χ2v) is 6.53. The van der Waals surface area contributed by atoms with E-state index in [1.165, 1.54) is 0 Å². The van der Waals surface area contributed by atoms with Crippen molar-refractivity contribution in [3.05, 3.63) is 63.8 Å². The molecule has 5 nitrogen and oxygen atoms in total. The lowest BCUT2D eigenvalue weighted by Gasteiger charge is -2.20. The minimum Gasteiger partial charge on any atom is -0.488 e. The maximum Gasteiger partial charge on any atom is 0.359 e. The summed E-state index contributed by atoms with van der Waals surface area (Å²) in [6.07, 6.45) is 0. The summed E-state index contributed by atoms with van der Waals surface area (Å²) in [6.45, 7) is 2.21. The predicted octanol–water partition coefficient (Wildman–Crippen LogP) is 4.92. The largest absolute Gasteiger partial charge is 0.488 e. The minimum absolute atomic E-state index is 0.196. The van der Waals surface area contributed by atoms with Crippen LogP contribution in [-0.2, 0) is 11.3 Å². The third kappa shape index (κ3) is 2.73. The van der Waals surface area contributed by atoms with Crippen LogP contribution in [0.5, 0.6) is 5.75 Å². The number of hydrogen-bond donors (Lipinski definition) is 0. The number of carbonyl (C=O) groups excluding carboxylic acids is 1. The molecule has 1 aliphatic heterocycles. The van der Waals surface area contributed by atoms with Crippen LogP contribution >= 0.6 is 23.2 Å². The fourth-order valence-electron chi connectivity index (χ4n) is 2.99. The van der Waals surface area contributed by atoms with Crippen LogP contribution in [0.25, 0.3) is 16.9 Å². The second-order valence-electron chi connectivity index (χ2n) is 5.69. The molecule has 0 atom stereocenters. The molecule has 0 fully saturated rings. The highest BCUT2D eigenvalue weighted by Gasteiger charge is 2.31. The molecular weight excluding hydrogens is 375 g/mol. The Kier molecular flexibility index (Phi) is 4.34. The normalized spacial score (nSPS) is 12.1. The quantitative estimate of drug-likeness (QED) is 0.597. The molecule has 0 aliphatic carbocycles. The first kappa shape index (κ1) is 16.9. The van der Waals surface area contributed by atoms with E-state index in [4.69, 9.17) is 32.7 Å². The van der Waals surface area contributed by atoms with E-state index in [-0.39, 0.29) is 18.9 Å². The maximum atomic E-state index is 12.4. The number of benzene rings is 2. The zero-order chi connectivity index (χ0) is 18.3. The molecule has 0 saturated heterocycles. The molecular formula is C19H14Cl2N2O3. The van der Waals surface area contributed by atoms with Gasteiger partial charge in [0.15, 0.2) is 5.69 Å². The summed E-state index contributed by atoms with van der Waals surface area (Å²) in [4.78, 5) is 12.4. The summed E-state index contributed by atoms with van der Waals surface area (Å²) < 4.78 is 12.6. The Balaban J connectivity index is 2.00. The van der Waals surface area contributed by atoms with E-state index in [0.29, 0.717) is 27.0 Å². The fraction of sp³-hybridized carbons (Fsp3) is 0.158. The van der Waals surface area contributed by atoms with Gasteiger partial charge in [-0.15, -0.1) is 0 Å². The van der Waals surface area contributed by atoms with E-state index in [1.54, 1.807) is 29.8 Å². The smallest absolute Gasteiger partial charge is 0.359 e. The first-order valence-corrected chi connectivity index (χ1v) is 8.82. The van der Waals surface area contributed by atoms with Crippen LogP contribution in [-0.4, -0.2) is 22.4 Å². The number of fused-ring (bicyclic) bond motifs is 3. The highest BCUT2D eigenvalue weighted by molar-refractivity contribution is 6.32. The van der Waals surface area contributed by atoms with Gasteiger partial charge in [0.2, 0.25) is 0 Å². The van der Waals surface area contributed by atoms with Crippen molar-refractivity contribution in [1.82, 2.24) is 9.78 Å². The Morgan fingerprint density at radius 1 is 1.27 bits per heavy atom. The molecule has 1 aromatic heterocycles. The summed E-state index contributed by atoms with van der Waals surface area (Å²) >= 11 is 12.5. The number of halogens is 2. The standard InChI is InChI=1S/C19H14Cl2N2O3/c1-2-25-19(24)17-13-10-26-16-9-11(20)7-8-12(16)18(13)23(22-17)15-6-4-3-5-14(15)21/h3-9H,2,10H2,1H3. The fourth-order valence-corrected chi connectivity index (χ4v) is 3.36. The van der Waals surface area contributed by atoms with Crippen LogP contribution in [0.15, 0.2) is 42.5 Å². The lowest BCUT2D eigenvalue weighted by molar-refractivity contribution is 0.0516. The van der Waals surface area contributed by atoms with Gasteiger partial charge in [-0.25, -0.2) is 9.48 Å². The summed E-state index contributed by atoms with van der Waals surface area (Å²) in [6, 6.07) is 12.7. The highest BCUT2D eigenvalue weighted by atomic mass is 35.5. The van der Waals surface area contributed by atoms with Gasteiger partial charge in [0, 0.05) is 10.6 Å². The van der Waals surface area contributed by atoms with E-state index in [2.05, 4.69) is 5.10 Å². The molecule has 0 N–H and O–H groups in total. The molecule has 0 saturated carbocycles. The van der Waals surface area contributed by atoms with Crippen LogP contribution in [0.2, 0.25) is 10.0 Å². The van der Waals surface area contributed by atoms with Crippen molar-refractivity contribution in [2.24, 2.45) is 0 Å². The molecule has 3 aromatic rings. The summed E-state index contributed by atoms with van der Waals surface area (Å²) in [5.41, 5.74) is 3.10. The molecule has 0 bridgehead atoms. The van der Waals surface area contributed by atoms with E-state index >= 15 is 0 Å². The Morgan fingerprint density at radius 3 is 2.85 bits per heavy atom. The third-order valence-corrected chi connectivity index (χ3v) is 4.66. The Bertz CT molecular complexity index is 1010. The number of hydrogen-bond acceptors (Lipinski definition) is 4. The molecule has 0 amide bonds. The molecule has 26 heavy (non-hydrogen) atoms. The van der Waals surface area contributed by atoms with Gasteiger partial charge in [-0.2, -0.15) is 5.10 Å². The van der Waals surface area contributed by atoms with Gasteiger partial charge in [-0.1, -0.05) is 35.3 Å². The van der Waals surface area contributed by atoms with Crippen LogP contribution in [0.1, 0.15) is 23.0 Å². The van der Waals surface area contributed by atoms with Gasteiger partial charge in [0.25, 0.3) is 0 Å². The SMILES string of the molecule is CCOC(=O)c1nn(-c2ccccc2Cl)c2c1COc1cc(Cl)ccc1-2. The number of carbonyl (C=O) groups is 1. The molecule has 7 heteroatoms. The summed E-state index contributed by atoms with van der Waals surface area (Å²) in [5, 5.41) is 5.60. The molecule has 0 radical (unpaired) electrons. The van der Waals surface area contributed by atoms with E-state index in [0.717, 1.165) is 11.3 Å². The van der Waals surface area contributed by atoms with Crippen molar-refractivity contribution >= 4 is 29.2 Å². The molecule has 1 aliphatic rings. The van der Waals surface area contributed by atoms with Gasteiger partial charge in [-0.05, 0) is 37.3 Å². The van der Waals surface area contributed by atoms with Gasteiger partial charge >= 0.3 is 5.97 Å². The number of esters is 1. The van der Waals surface area contributed by atoms with Crippen molar-refractivity contribution in [2.75, 3.05) is 6.61 Å². The first-order valence-electron chi connectivity index (χ1n) is 8.06. The van der Waals surface area contributed by atoms with Crippen molar-refractivity contribution in [3.63, 3.8) is 0 Å². The maximum absolute atomic E-state index is 12.4. The molecule has 4 rings (SSSR count). The molecule has 0 spiro atoms. The van der Waals surface area contributed by atoms with Gasteiger partial charge in [0.05, 0.1) is 28.6 Å². The zero-order valence-corrected chi connectivity index (χ0v) is 15.3. The Morgan fingerprint density at radius 2 is 2.08 bits per heavy atom. The van der Waals surface area contributed by atoms with Crippen molar-refractivity contribution < 1.29 is 14.3 Å². The van der Waals surface area contributed by atoms with E-state index in [9.17, 15) is 4.79 Å². The predicted molar refractivity (Wildman–Crippen MR) is 99.3 cm³/mol. The van der Waals surface area contributed by atoms with Crippen LogP contribution < -0.4 is 4.74 Å². The molecule has 132 valence electrons. The van der Waals surface area contributed by atoms with Crippen molar-refractivity contribution in [1.29, 1.82) is 0 Å². The summed E-state index contributed by atoms with van der Waals surface area (Å²) in [7, 11) is 0. The van der Waals surface area contributed by atoms with Crippen LogP contribution in [0, 0.1) is 0 Å².